The molecule has 2 aromatic rings. The summed E-state index contributed by atoms with van der Waals surface area (Å²) in [6.45, 7) is 8.96. The number of nitrogens with one attached hydrogen (secondary N) is 1. The normalized spacial score (nSPS) is 13.2. The summed E-state index contributed by atoms with van der Waals surface area (Å²) in [5, 5.41) is 1.43. The van der Waals surface area contributed by atoms with Crippen LogP contribution in [0.25, 0.3) is 10.9 Å². The lowest BCUT2D eigenvalue weighted by Crippen LogP contribution is -1.98. The zero-order valence-corrected chi connectivity index (χ0v) is 11.4. The molecular formula is C16H23N. The monoisotopic (exact) mass is 229 g/mol. The van der Waals surface area contributed by atoms with E-state index in [1.165, 1.54) is 41.4 Å². The molecule has 0 amide bonds. The number of rotatable bonds is 4. The fourth-order valence-electron chi connectivity index (χ4n) is 2.89. The van der Waals surface area contributed by atoms with Gasteiger partial charge in [-0.2, -0.15) is 0 Å². The van der Waals surface area contributed by atoms with Crippen molar-refractivity contribution in [3.8, 4) is 0 Å². The highest BCUT2D eigenvalue weighted by Crippen LogP contribution is 2.34. The van der Waals surface area contributed by atoms with E-state index in [2.05, 4.69) is 50.9 Å². The molecule has 17 heavy (non-hydrogen) atoms. The number of hydrogen-bond acceptors (Lipinski definition) is 0. The van der Waals surface area contributed by atoms with Gasteiger partial charge in [-0.25, -0.2) is 0 Å². The first kappa shape index (κ1) is 12.2. The van der Waals surface area contributed by atoms with Crippen molar-refractivity contribution >= 4 is 10.9 Å². The Kier molecular flexibility index (Phi) is 3.56. The van der Waals surface area contributed by atoms with Crippen molar-refractivity contribution in [3.05, 3.63) is 35.0 Å². The Hall–Kier alpha value is -1.24. The lowest BCUT2D eigenvalue weighted by molar-refractivity contribution is 0.596. The van der Waals surface area contributed by atoms with Gasteiger partial charge < -0.3 is 4.98 Å². The number of hydrogen-bond donors (Lipinski definition) is 1. The quantitative estimate of drug-likeness (QED) is 0.752. The standard InChI is InChI=1S/C16H23N/c1-5-7-13(6-2)16-12(4)17-15-9-8-11(3)10-14(15)16/h8-10,13,17H,5-7H2,1-4H3. The van der Waals surface area contributed by atoms with E-state index in [0.29, 0.717) is 5.92 Å². The molecule has 0 aliphatic heterocycles. The second kappa shape index (κ2) is 4.95. The number of aromatic nitrogens is 1. The summed E-state index contributed by atoms with van der Waals surface area (Å²) < 4.78 is 0. The van der Waals surface area contributed by atoms with Gasteiger partial charge in [0.05, 0.1) is 0 Å². The van der Waals surface area contributed by atoms with Crippen molar-refractivity contribution in [1.29, 1.82) is 0 Å². The predicted molar refractivity (Wildman–Crippen MR) is 75.7 cm³/mol. The summed E-state index contributed by atoms with van der Waals surface area (Å²) in [6, 6.07) is 6.72. The molecule has 0 aliphatic rings. The largest absolute Gasteiger partial charge is 0.358 e. The molecule has 1 atom stereocenters. The zero-order valence-electron chi connectivity index (χ0n) is 11.4. The Balaban J connectivity index is 2.57. The van der Waals surface area contributed by atoms with Crippen LogP contribution in [-0.4, -0.2) is 4.98 Å². The molecule has 0 saturated heterocycles. The molecule has 0 aliphatic carbocycles. The van der Waals surface area contributed by atoms with Crippen LogP contribution in [-0.2, 0) is 0 Å². The smallest absolute Gasteiger partial charge is 0.0459 e. The van der Waals surface area contributed by atoms with Gasteiger partial charge in [0.15, 0.2) is 0 Å². The Morgan fingerprint density at radius 3 is 2.59 bits per heavy atom. The van der Waals surface area contributed by atoms with Gasteiger partial charge in [0.1, 0.15) is 0 Å². The number of H-pyrrole nitrogens is 1. The molecule has 1 aromatic heterocycles. The highest BCUT2D eigenvalue weighted by molar-refractivity contribution is 5.85. The van der Waals surface area contributed by atoms with Gasteiger partial charge in [0.2, 0.25) is 0 Å². The average molecular weight is 229 g/mol. The van der Waals surface area contributed by atoms with E-state index >= 15 is 0 Å². The van der Waals surface area contributed by atoms with Gasteiger partial charge in [0, 0.05) is 16.6 Å². The molecular weight excluding hydrogens is 206 g/mol. The van der Waals surface area contributed by atoms with Crippen LogP contribution >= 0.6 is 0 Å². The topological polar surface area (TPSA) is 15.8 Å². The maximum atomic E-state index is 3.53. The third kappa shape index (κ3) is 2.24. The zero-order chi connectivity index (χ0) is 12.4. The van der Waals surface area contributed by atoms with Crippen LogP contribution in [0.5, 0.6) is 0 Å². The first-order valence-electron chi connectivity index (χ1n) is 6.76. The van der Waals surface area contributed by atoms with Crippen molar-refractivity contribution in [3.63, 3.8) is 0 Å². The van der Waals surface area contributed by atoms with E-state index in [1.807, 2.05) is 0 Å². The molecule has 0 fully saturated rings. The SMILES string of the molecule is CCCC(CC)c1c(C)[nH]c2ccc(C)cc12. The van der Waals surface area contributed by atoms with E-state index in [0.717, 1.165) is 0 Å². The van der Waals surface area contributed by atoms with E-state index in [9.17, 15) is 0 Å². The maximum absolute atomic E-state index is 3.53. The minimum Gasteiger partial charge on any atom is -0.358 e. The lowest BCUT2D eigenvalue weighted by Gasteiger charge is -2.14. The third-order valence-electron chi connectivity index (χ3n) is 3.73. The summed E-state index contributed by atoms with van der Waals surface area (Å²) in [4.78, 5) is 3.53. The number of aryl methyl sites for hydroxylation is 2. The van der Waals surface area contributed by atoms with Gasteiger partial charge in [-0.15, -0.1) is 0 Å². The van der Waals surface area contributed by atoms with Gasteiger partial charge in [0.25, 0.3) is 0 Å². The van der Waals surface area contributed by atoms with Crippen molar-refractivity contribution < 1.29 is 0 Å². The van der Waals surface area contributed by atoms with Crippen LogP contribution in [0.1, 0.15) is 55.8 Å². The first-order valence-corrected chi connectivity index (χ1v) is 6.76. The number of benzene rings is 1. The molecule has 92 valence electrons. The van der Waals surface area contributed by atoms with Gasteiger partial charge >= 0.3 is 0 Å². The minimum absolute atomic E-state index is 0.704. The summed E-state index contributed by atoms with van der Waals surface area (Å²) in [5.74, 6) is 0.704. The lowest BCUT2D eigenvalue weighted by atomic mass is 9.89. The van der Waals surface area contributed by atoms with E-state index in [-0.39, 0.29) is 0 Å². The average Bonchev–Trinajstić information content (AvgIpc) is 2.62. The predicted octanol–water partition coefficient (Wildman–Crippen LogP) is 5.08. The van der Waals surface area contributed by atoms with Gasteiger partial charge in [-0.05, 0) is 50.3 Å². The molecule has 0 saturated carbocycles. The number of fused-ring (bicyclic) bond motifs is 1. The maximum Gasteiger partial charge on any atom is 0.0459 e. The highest BCUT2D eigenvalue weighted by atomic mass is 14.7. The molecule has 1 heterocycles. The second-order valence-electron chi connectivity index (χ2n) is 5.11. The number of aromatic amines is 1. The fraction of sp³-hybridized carbons (Fsp3) is 0.500. The molecule has 1 nitrogen and oxygen atoms in total. The van der Waals surface area contributed by atoms with Gasteiger partial charge in [-0.1, -0.05) is 31.9 Å². The van der Waals surface area contributed by atoms with Crippen LogP contribution in [0.4, 0.5) is 0 Å². The summed E-state index contributed by atoms with van der Waals surface area (Å²) in [5.41, 5.74) is 5.54. The Morgan fingerprint density at radius 2 is 1.94 bits per heavy atom. The van der Waals surface area contributed by atoms with Crippen LogP contribution in [0, 0.1) is 13.8 Å². The van der Waals surface area contributed by atoms with Crippen molar-refractivity contribution in [2.45, 2.75) is 52.9 Å². The van der Waals surface area contributed by atoms with Crippen molar-refractivity contribution in [2.24, 2.45) is 0 Å². The van der Waals surface area contributed by atoms with Crippen molar-refractivity contribution in [2.75, 3.05) is 0 Å². The molecule has 1 N–H and O–H groups in total. The van der Waals surface area contributed by atoms with Crippen LogP contribution < -0.4 is 0 Å². The fourth-order valence-corrected chi connectivity index (χ4v) is 2.89. The summed E-state index contributed by atoms with van der Waals surface area (Å²) in [6.07, 6.45) is 3.78. The molecule has 1 heteroatoms. The van der Waals surface area contributed by atoms with Crippen LogP contribution in [0.3, 0.4) is 0 Å². The Morgan fingerprint density at radius 1 is 1.18 bits per heavy atom. The van der Waals surface area contributed by atoms with Crippen molar-refractivity contribution in [1.82, 2.24) is 4.98 Å². The minimum atomic E-state index is 0.704. The molecule has 0 radical (unpaired) electrons. The highest BCUT2D eigenvalue weighted by Gasteiger charge is 2.16. The van der Waals surface area contributed by atoms with Crippen LogP contribution in [0.2, 0.25) is 0 Å². The van der Waals surface area contributed by atoms with E-state index < -0.39 is 0 Å². The molecule has 0 spiro atoms. The summed E-state index contributed by atoms with van der Waals surface area (Å²) >= 11 is 0. The molecule has 1 aromatic carbocycles. The molecule has 2 rings (SSSR count). The first-order chi connectivity index (χ1) is 8.17. The molecule has 1 unspecified atom stereocenters. The van der Waals surface area contributed by atoms with E-state index in [1.54, 1.807) is 5.56 Å². The van der Waals surface area contributed by atoms with Gasteiger partial charge in [-0.3, -0.25) is 0 Å². The molecule has 0 bridgehead atoms. The summed E-state index contributed by atoms with van der Waals surface area (Å²) in [7, 11) is 0. The Labute approximate surface area is 104 Å². The second-order valence-corrected chi connectivity index (χ2v) is 5.11. The van der Waals surface area contributed by atoms with E-state index in [4.69, 9.17) is 0 Å². The van der Waals surface area contributed by atoms with Crippen LogP contribution in [0.15, 0.2) is 18.2 Å². The Bertz CT molecular complexity index is 507. The third-order valence-corrected chi connectivity index (χ3v) is 3.73.